The largest absolute Gasteiger partial charge is 0.481 e. The van der Waals surface area contributed by atoms with Crippen LogP contribution in [0.5, 0.6) is 0 Å². The fourth-order valence-electron chi connectivity index (χ4n) is 2.36. The van der Waals surface area contributed by atoms with E-state index in [9.17, 15) is 4.79 Å². The van der Waals surface area contributed by atoms with Gasteiger partial charge in [-0.25, -0.2) is 0 Å². The van der Waals surface area contributed by atoms with Crippen molar-refractivity contribution >= 4 is 5.97 Å². The lowest BCUT2D eigenvalue weighted by molar-refractivity contribution is -0.140. The zero-order valence-electron chi connectivity index (χ0n) is 10.4. The van der Waals surface area contributed by atoms with Crippen molar-refractivity contribution in [3.8, 4) is 0 Å². The normalized spacial score (nSPS) is 26.6. The molecule has 0 aromatic heterocycles. The van der Waals surface area contributed by atoms with Crippen LogP contribution in [-0.2, 0) is 4.79 Å². The van der Waals surface area contributed by atoms with Gasteiger partial charge >= 0.3 is 5.97 Å². The molecule has 4 heteroatoms. The zero-order valence-corrected chi connectivity index (χ0v) is 10.4. The quantitative estimate of drug-likeness (QED) is 0.727. The van der Waals surface area contributed by atoms with Gasteiger partial charge in [-0.2, -0.15) is 0 Å². The van der Waals surface area contributed by atoms with Gasteiger partial charge in [-0.1, -0.05) is 6.08 Å². The van der Waals surface area contributed by atoms with Crippen LogP contribution >= 0.6 is 0 Å². The van der Waals surface area contributed by atoms with Crippen LogP contribution < -0.4 is 0 Å². The van der Waals surface area contributed by atoms with Crippen molar-refractivity contribution in [1.29, 1.82) is 0 Å². The molecule has 0 aromatic carbocycles. The number of piperazine rings is 1. The maximum Gasteiger partial charge on any atom is 0.304 e. The van der Waals surface area contributed by atoms with E-state index in [0.717, 1.165) is 19.6 Å². The van der Waals surface area contributed by atoms with E-state index in [0.29, 0.717) is 0 Å². The molecule has 1 heterocycles. The standard InChI is InChI=1S/C12H22N2O2/c1-5-6-14-8-10(7-11(15)16)13(4)12(2,3)9-14/h5,10H,1,6-9H2,2-4H3,(H,15,16). The first-order chi connectivity index (χ1) is 7.36. The van der Waals surface area contributed by atoms with Crippen molar-refractivity contribution in [2.75, 3.05) is 26.7 Å². The van der Waals surface area contributed by atoms with Gasteiger partial charge in [-0.05, 0) is 20.9 Å². The molecule has 16 heavy (non-hydrogen) atoms. The summed E-state index contributed by atoms with van der Waals surface area (Å²) in [4.78, 5) is 15.3. The number of rotatable bonds is 4. The summed E-state index contributed by atoms with van der Waals surface area (Å²) in [6.45, 7) is 10.6. The third-order valence-corrected chi connectivity index (χ3v) is 3.38. The van der Waals surface area contributed by atoms with Crippen molar-refractivity contribution in [3.63, 3.8) is 0 Å². The summed E-state index contributed by atoms with van der Waals surface area (Å²) in [6, 6.07) is 0.0844. The van der Waals surface area contributed by atoms with Gasteiger partial charge < -0.3 is 5.11 Å². The number of hydrogen-bond donors (Lipinski definition) is 1. The highest BCUT2D eigenvalue weighted by Gasteiger charge is 2.37. The topological polar surface area (TPSA) is 43.8 Å². The fourth-order valence-corrected chi connectivity index (χ4v) is 2.36. The van der Waals surface area contributed by atoms with Crippen LogP contribution in [-0.4, -0.2) is 59.1 Å². The lowest BCUT2D eigenvalue weighted by Crippen LogP contribution is -2.62. The van der Waals surface area contributed by atoms with E-state index in [1.165, 1.54) is 0 Å². The molecule has 1 aliphatic heterocycles. The Bertz CT molecular complexity index is 276. The van der Waals surface area contributed by atoms with E-state index in [-0.39, 0.29) is 18.0 Å². The molecule has 1 N–H and O–H groups in total. The lowest BCUT2D eigenvalue weighted by atomic mass is 9.94. The van der Waals surface area contributed by atoms with Gasteiger partial charge in [-0.15, -0.1) is 6.58 Å². The van der Waals surface area contributed by atoms with Gasteiger partial charge in [0.25, 0.3) is 0 Å². The first-order valence-corrected chi connectivity index (χ1v) is 5.65. The van der Waals surface area contributed by atoms with Crippen LogP contribution in [0.1, 0.15) is 20.3 Å². The highest BCUT2D eigenvalue weighted by atomic mass is 16.4. The maximum absolute atomic E-state index is 10.8. The minimum absolute atomic E-state index is 0.0153. The molecule has 1 aliphatic rings. The zero-order chi connectivity index (χ0) is 12.3. The average molecular weight is 226 g/mol. The summed E-state index contributed by atoms with van der Waals surface area (Å²) in [5, 5.41) is 8.90. The fraction of sp³-hybridized carbons (Fsp3) is 0.750. The van der Waals surface area contributed by atoms with Gasteiger partial charge in [0.2, 0.25) is 0 Å². The van der Waals surface area contributed by atoms with Crippen LogP contribution in [0.2, 0.25) is 0 Å². The molecule has 0 saturated carbocycles. The van der Waals surface area contributed by atoms with Crippen LogP contribution in [0.4, 0.5) is 0 Å². The Morgan fingerprint density at radius 3 is 2.75 bits per heavy atom. The molecule has 1 atom stereocenters. The SMILES string of the molecule is C=CCN1CC(CC(=O)O)N(C)C(C)(C)C1. The van der Waals surface area contributed by atoms with Crippen molar-refractivity contribution < 1.29 is 9.90 Å². The lowest BCUT2D eigenvalue weighted by Gasteiger charge is -2.49. The molecule has 1 saturated heterocycles. The molecule has 92 valence electrons. The van der Waals surface area contributed by atoms with Crippen molar-refractivity contribution in [3.05, 3.63) is 12.7 Å². The molecule has 0 aromatic rings. The van der Waals surface area contributed by atoms with E-state index < -0.39 is 5.97 Å². The van der Waals surface area contributed by atoms with Crippen LogP contribution in [0.3, 0.4) is 0 Å². The minimum Gasteiger partial charge on any atom is -0.481 e. The van der Waals surface area contributed by atoms with Crippen molar-refractivity contribution in [1.82, 2.24) is 9.80 Å². The summed E-state index contributed by atoms with van der Waals surface area (Å²) in [6.07, 6.45) is 2.08. The Kier molecular flexibility index (Phi) is 4.10. The summed E-state index contributed by atoms with van der Waals surface area (Å²) < 4.78 is 0. The predicted octanol–water partition coefficient (Wildman–Crippen LogP) is 1.04. The molecule has 4 nitrogen and oxygen atoms in total. The maximum atomic E-state index is 10.8. The van der Waals surface area contributed by atoms with Crippen molar-refractivity contribution in [2.45, 2.75) is 31.8 Å². The Labute approximate surface area is 97.5 Å². The molecule has 0 bridgehead atoms. The summed E-state index contributed by atoms with van der Waals surface area (Å²) >= 11 is 0. The number of nitrogens with zero attached hydrogens (tertiary/aromatic N) is 2. The van der Waals surface area contributed by atoms with E-state index in [4.69, 9.17) is 5.11 Å². The number of aliphatic carboxylic acids is 1. The van der Waals surface area contributed by atoms with Gasteiger partial charge in [0.15, 0.2) is 0 Å². The van der Waals surface area contributed by atoms with Gasteiger partial charge in [0.05, 0.1) is 6.42 Å². The van der Waals surface area contributed by atoms with Crippen LogP contribution in [0.25, 0.3) is 0 Å². The van der Waals surface area contributed by atoms with Crippen LogP contribution in [0.15, 0.2) is 12.7 Å². The van der Waals surface area contributed by atoms with E-state index >= 15 is 0 Å². The number of likely N-dealkylation sites (N-methyl/N-ethyl adjacent to an activating group) is 1. The summed E-state index contributed by atoms with van der Waals surface area (Å²) in [5.74, 6) is -0.729. The second-order valence-electron chi connectivity index (χ2n) is 5.16. The molecule has 0 radical (unpaired) electrons. The Morgan fingerprint density at radius 2 is 2.25 bits per heavy atom. The third-order valence-electron chi connectivity index (χ3n) is 3.38. The first-order valence-electron chi connectivity index (χ1n) is 5.65. The summed E-state index contributed by atoms with van der Waals surface area (Å²) in [7, 11) is 2.01. The van der Waals surface area contributed by atoms with Crippen LogP contribution in [0, 0.1) is 0 Å². The molecule has 1 unspecified atom stereocenters. The number of hydrogen-bond acceptors (Lipinski definition) is 3. The van der Waals surface area contributed by atoms with Gasteiger partial charge in [-0.3, -0.25) is 14.6 Å². The first kappa shape index (κ1) is 13.2. The van der Waals surface area contributed by atoms with Crippen molar-refractivity contribution in [2.24, 2.45) is 0 Å². The minimum atomic E-state index is -0.729. The van der Waals surface area contributed by atoms with Gasteiger partial charge in [0.1, 0.15) is 0 Å². The summed E-state index contributed by atoms with van der Waals surface area (Å²) in [5.41, 5.74) is 0.0153. The molecular weight excluding hydrogens is 204 g/mol. The second-order valence-corrected chi connectivity index (χ2v) is 5.16. The van der Waals surface area contributed by atoms with Gasteiger partial charge in [0, 0.05) is 31.2 Å². The Hall–Kier alpha value is -0.870. The predicted molar refractivity (Wildman–Crippen MR) is 64.5 cm³/mol. The molecule has 0 amide bonds. The molecule has 0 spiro atoms. The second kappa shape index (κ2) is 4.97. The smallest absolute Gasteiger partial charge is 0.304 e. The van der Waals surface area contributed by atoms with E-state index in [1.54, 1.807) is 0 Å². The molecule has 0 aliphatic carbocycles. The highest BCUT2D eigenvalue weighted by molar-refractivity contribution is 5.67. The number of carbonyl (C=O) groups is 1. The van der Waals surface area contributed by atoms with E-state index in [2.05, 4.69) is 30.2 Å². The number of carboxylic acid groups (broad SMARTS) is 1. The third kappa shape index (κ3) is 3.06. The average Bonchev–Trinajstić information content (AvgIpc) is 2.12. The number of carboxylic acids is 1. The molecule has 1 fully saturated rings. The monoisotopic (exact) mass is 226 g/mol. The van der Waals surface area contributed by atoms with E-state index in [1.807, 2.05) is 13.1 Å². The Balaban J connectivity index is 2.74. The molecule has 1 rings (SSSR count). The molecular formula is C12H22N2O2. The Morgan fingerprint density at radius 1 is 1.62 bits per heavy atom. The highest BCUT2D eigenvalue weighted by Crippen LogP contribution is 2.24.